The van der Waals surface area contributed by atoms with Crippen molar-refractivity contribution < 1.29 is 13.2 Å². The van der Waals surface area contributed by atoms with E-state index in [0.29, 0.717) is 10.2 Å². The zero-order valence-electron chi connectivity index (χ0n) is 19.3. The van der Waals surface area contributed by atoms with Crippen molar-refractivity contribution >= 4 is 43.8 Å². The number of carbonyl (C=O) groups excluding carboxylic acids is 1. The summed E-state index contributed by atoms with van der Waals surface area (Å²) in [7, 11) is -3.67. The molecule has 0 unspecified atom stereocenters. The van der Waals surface area contributed by atoms with Crippen LogP contribution < -0.4 is 9.73 Å². The third-order valence-electron chi connectivity index (χ3n) is 5.27. The first-order valence-electron chi connectivity index (χ1n) is 10.3. The molecule has 33 heavy (non-hydrogen) atoms. The van der Waals surface area contributed by atoms with E-state index >= 15 is 0 Å². The first kappa shape index (κ1) is 24.7. The fraction of sp³-hybridized carbons (Fsp3) is 0.250. The van der Waals surface area contributed by atoms with Gasteiger partial charge in [0.05, 0.1) is 18.2 Å². The lowest BCUT2D eigenvalue weighted by Crippen LogP contribution is -2.39. The molecule has 7 nitrogen and oxygen atoms in total. The lowest BCUT2D eigenvalue weighted by atomic mass is 10.1. The van der Waals surface area contributed by atoms with E-state index in [-0.39, 0.29) is 6.54 Å². The van der Waals surface area contributed by atoms with Crippen molar-refractivity contribution in [1.82, 2.24) is 9.99 Å². The molecule has 174 valence electrons. The van der Waals surface area contributed by atoms with Crippen LogP contribution in [0.15, 0.2) is 58.1 Å². The van der Waals surface area contributed by atoms with E-state index in [0.717, 1.165) is 33.2 Å². The Bertz CT molecular complexity index is 1330. The van der Waals surface area contributed by atoms with Gasteiger partial charge in [0.25, 0.3) is 5.91 Å². The highest BCUT2D eigenvalue weighted by atomic mass is 79.9. The molecule has 3 rings (SSSR count). The molecule has 0 aliphatic rings. The number of halogens is 1. The first-order valence-corrected chi connectivity index (χ1v) is 12.9. The molecule has 9 heteroatoms. The summed E-state index contributed by atoms with van der Waals surface area (Å²) in [6, 6.07) is 15.1. The van der Waals surface area contributed by atoms with Gasteiger partial charge < -0.3 is 4.57 Å². The number of hydrogen-bond donors (Lipinski definition) is 1. The van der Waals surface area contributed by atoms with Crippen molar-refractivity contribution in [1.29, 1.82) is 0 Å². The number of nitrogens with one attached hydrogen (secondary N) is 1. The number of amides is 1. The van der Waals surface area contributed by atoms with Gasteiger partial charge >= 0.3 is 0 Å². The van der Waals surface area contributed by atoms with Gasteiger partial charge in [-0.1, -0.05) is 29.8 Å². The molecule has 1 heterocycles. The number of anilines is 1. The van der Waals surface area contributed by atoms with E-state index in [2.05, 4.69) is 63.1 Å². The van der Waals surface area contributed by atoms with Crippen LogP contribution in [-0.2, 0) is 14.8 Å². The molecule has 1 aromatic heterocycles. The first-order chi connectivity index (χ1) is 15.5. The molecule has 0 saturated carbocycles. The largest absolute Gasteiger partial charge is 0.318 e. The van der Waals surface area contributed by atoms with Gasteiger partial charge in [0.1, 0.15) is 6.54 Å². The standard InChI is InChI=1S/C24H27BrN4O3S/c1-16-10-11-22(17(2)12-16)29-18(3)13-20(19(29)4)14-26-27-24(30)15-28(33(5,31)32)23-9-7-6-8-21(23)25/h6-14H,15H2,1-5H3,(H,27,30)/b26-14-. The van der Waals surface area contributed by atoms with Crippen LogP contribution in [0.25, 0.3) is 5.69 Å². The quantitative estimate of drug-likeness (QED) is 0.363. The molecule has 2 aromatic carbocycles. The van der Waals surface area contributed by atoms with E-state index in [1.807, 2.05) is 19.9 Å². The van der Waals surface area contributed by atoms with Crippen LogP contribution in [0.3, 0.4) is 0 Å². The average molecular weight is 531 g/mol. The Morgan fingerprint density at radius 2 is 1.82 bits per heavy atom. The summed E-state index contributed by atoms with van der Waals surface area (Å²) < 4.78 is 28.3. The third kappa shape index (κ3) is 5.72. The van der Waals surface area contributed by atoms with Crippen molar-refractivity contribution in [2.75, 3.05) is 17.1 Å². The maximum Gasteiger partial charge on any atom is 0.260 e. The summed E-state index contributed by atoms with van der Waals surface area (Å²) >= 11 is 3.34. The lowest BCUT2D eigenvalue weighted by Gasteiger charge is -2.22. The number of para-hydroxylation sites is 1. The van der Waals surface area contributed by atoms with Crippen LogP contribution in [0, 0.1) is 27.7 Å². The number of aromatic nitrogens is 1. The van der Waals surface area contributed by atoms with Gasteiger partial charge in [0.15, 0.2) is 0 Å². The predicted octanol–water partition coefficient (Wildman–Crippen LogP) is 4.39. The van der Waals surface area contributed by atoms with Crippen molar-refractivity contribution in [3.63, 3.8) is 0 Å². The number of hydrazone groups is 1. The predicted molar refractivity (Wildman–Crippen MR) is 137 cm³/mol. The van der Waals surface area contributed by atoms with E-state index in [1.54, 1.807) is 30.5 Å². The Hall–Kier alpha value is -2.91. The molecule has 1 N–H and O–H groups in total. The van der Waals surface area contributed by atoms with Crippen LogP contribution >= 0.6 is 15.9 Å². The van der Waals surface area contributed by atoms with Gasteiger partial charge in [-0.2, -0.15) is 5.10 Å². The summed E-state index contributed by atoms with van der Waals surface area (Å²) in [4.78, 5) is 12.5. The Morgan fingerprint density at radius 1 is 1.12 bits per heavy atom. The molecular weight excluding hydrogens is 504 g/mol. The average Bonchev–Trinajstić information content (AvgIpc) is 3.00. The minimum absolute atomic E-state index is 0.385. The summed E-state index contributed by atoms with van der Waals surface area (Å²) in [5.74, 6) is -0.546. The van der Waals surface area contributed by atoms with Crippen molar-refractivity contribution in [2.45, 2.75) is 27.7 Å². The smallest absolute Gasteiger partial charge is 0.260 e. The van der Waals surface area contributed by atoms with Crippen molar-refractivity contribution in [3.05, 3.63) is 81.1 Å². The molecule has 0 radical (unpaired) electrons. The SMILES string of the molecule is Cc1ccc(-n2c(C)cc(/C=N\NC(=O)CN(c3ccccc3Br)S(C)(=O)=O)c2C)c(C)c1. The fourth-order valence-corrected chi connectivity index (χ4v) is 5.20. The van der Waals surface area contributed by atoms with E-state index in [4.69, 9.17) is 0 Å². The Kier molecular flexibility index (Phi) is 7.44. The van der Waals surface area contributed by atoms with Crippen LogP contribution in [-0.4, -0.2) is 37.9 Å². The summed E-state index contributed by atoms with van der Waals surface area (Å²) in [6.45, 7) is 7.76. The fourth-order valence-electron chi connectivity index (χ4n) is 3.72. The van der Waals surface area contributed by atoms with Crippen LogP contribution in [0.1, 0.15) is 28.1 Å². The van der Waals surface area contributed by atoms with Gasteiger partial charge in [-0.25, -0.2) is 13.8 Å². The Labute approximate surface area is 203 Å². The Balaban J connectivity index is 1.77. The minimum Gasteiger partial charge on any atom is -0.318 e. The molecule has 0 spiro atoms. The minimum atomic E-state index is -3.67. The molecule has 3 aromatic rings. The van der Waals surface area contributed by atoms with E-state index in [9.17, 15) is 13.2 Å². The van der Waals surface area contributed by atoms with Gasteiger partial charge in [-0.05, 0) is 73.5 Å². The lowest BCUT2D eigenvalue weighted by molar-refractivity contribution is -0.119. The highest BCUT2D eigenvalue weighted by Crippen LogP contribution is 2.27. The summed E-state index contributed by atoms with van der Waals surface area (Å²) in [5, 5.41) is 4.07. The van der Waals surface area contributed by atoms with Crippen molar-refractivity contribution in [3.8, 4) is 5.69 Å². The second kappa shape index (κ2) is 9.93. The molecular formula is C24H27BrN4O3S. The molecule has 1 amide bonds. The van der Waals surface area contributed by atoms with Crippen LogP contribution in [0.5, 0.6) is 0 Å². The summed E-state index contributed by atoms with van der Waals surface area (Å²) in [6.07, 6.45) is 2.63. The molecule has 0 aliphatic heterocycles. The number of carbonyl (C=O) groups is 1. The van der Waals surface area contributed by atoms with Crippen LogP contribution in [0.4, 0.5) is 5.69 Å². The number of sulfonamides is 1. The van der Waals surface area contributed by atoms with Crippen LogP contribution in [0.2, 0.25) is 0 Å². The molecule has 0 atom stereocenters. The number of hydrogen-bond acceptors (Lipinski definition) is 4. The van der Waals surface area contributed by atoms with Crippen molar-refractivity contribution in [2.24, 2.45) is 5.10 Å². The number of benzene rings is 2. The van der Waals surface area contributed by atoms with Gasteiger partial charge in [-0.3, -0.25) is 9.10 Å². The normalized spacial score (nSPS) is 11.7. The maximum atomic E-state index is 12.5. The summed E-state index contributed by atoms with van der Waals surface area (Å²) in [5.41, 5.74) is 9.18. The zero-order chi connectivity index (χ0) is 24.3. The van der Waals surface area contributed by atoms with E-state index in [1.165, 1.54) is 11.1 Å². The molecule has 0 fully saturated rings. The second-order valence-corrected chi connectivity index (χ2v) is 10.7. The third-order valence-corrected chi connectivity index (χ3v) is 7.06. The topological polar surface area (TPSA) is 83.8 Å². The van der Waals surface area contributed by atoms with Gasteiger partial charge in [-0.15, -0.1) is 0 Å². The molecule has 0 aliphatic carbocycles. The number of aryl methyl sites for hydroxylation is 3. The maximum absolute atomic E-state index is 12.5. The highest BCUT2D eigenvalue weighted by Gasteiger charge is 2.22. The monoisotopic (exact) mass is 530 g/mol. The second-order valence-electron chi connectivity index (χ2n) is 7.97. The number of nitrogens with zero attached hydrogens (tertiary/aromatic N) is 3. The van der Waals surface area contributed by atoms with Gasteiger partial charge in [0, 0.05) is 27.1 Å². The van der Waals surface area contributed by atoms with E-state index < -0.39 is 15.9 Å². The van der Waals surface area contributed by atoms with Gasteiger partial charge in [0.2, 0.25) is 10.0 Å². The Morgan fingerprint density at radius 3 is 2.45 bits per heavy atom. The highest BCUT2D eigenvalue weighted by molar-refractivity contribution is 9.10. The molecule has 0 saturated heterocycles. The zero-order valence-corrected chi connectivity index (χ0v) is 21.7. The molecule has 0 bridgehead atoms. The number of rotatable bonds is 7.